The van der Waals surface area contributed by atoms with Crippen LogP contribution in [0.3, 0.4) is 0 Å². The number of hydrogen-bond donors (Lipinski definition) is 1. The molecule has 2 aromatic heterocycles. The first-order valence-electron chi connectivity index (χ1n) is 4.51. The van der Waals surface area contributed by atoms with Crippen LogP contribution < -0.4 is 0 Å². The van der Waals surface area contributed by atoms with E-state index in [0.717, 1.165) is 11.4 Å². The highest BCUT2D eigenvalue weighted by atomic mass is 16.3. The molecule has 1 atom stereocenters. The fourth-order valence-electron chi connectivity index (χ4n) is 1.45. The number of nitrogens with zero attached hydrogens (tertiary/aromatic N) is 4. The number of aromatic nitrogens is 4. The zero-order valence-corrected chi connectivity index (χ0v) is 8.18. The van der Waals surface area contributed by atoms with Crippen LogP contribution in [0.4, 0.5) is 0 Å². The fourth-order valence-corrected chi connectivity index (χ4v) is 1.45. The Morgan fingerprint density at radius 2 is 2.36 bits per heavy atom. The Bertz CT molecular complexity index is 449. The van der Waals surface area contributed by atoms with Gasteiger partial charge in [-0.15, -0.1) is 0 Å². The minimum absolute atomic E-state index is 0.385. The largest absolute Gasteiger partial charge is 0.393 e. The quantitative estimate of drug-likeness (QED) is 0.746. The second kappa shape index (κ2) is 3.34. The third-order valence-electron chi connectivity index (χ3n) is 1.96. The van der Waals surface area contributed by atoms with Crippen molar-refractivity contribution in [3.8, 4) is 0 Å². The molecule has 0 saturated heterocycles. The van der Waals surface area contributed by atoms with Gasteiger partial charge in [0.1, 0.15) is 6.33 Å². The Morgan fingerprint density at radius 1 is 1.57 bits per heavy atom. The van der Waals surface area contributed by atoms with Crippen LogP contribution in [0.15, 0.2) is 12.4 Å². The molecule has 0 fully saturated rings. The zero-order valence-electron chi connectivity index (χ0n) is 8.18. The standard InChI is InChI=1S/C9H12N4O/c1-6-3-8(4-7(2)14)13-9(12-6)10-5-11-13/h3,5,7,14H,4H2,1-2H3. The molecule has 0 saturated carbocycles. The normalized spacial score (nSPS) is 13.4. The molecule has 5 nitrogen and oxygen atoms in total. The molecule has 0 aliphatic carbocycles. The summed E-state index contributed by atoms with van der Waals surface area (Å²) in [5, 5.41) is 13.4. The second-order valence-corrected chi connectivity index (χ2v) is 3.41. The highest BCUT2D eigenvalue weighted by Crippen LogP contribution is 2.06. The molecule has 0 spiro atoms. The summed E-state index contributed by atoms with van der Waals surface area (Å²) in [6.45, 7) is 3.65. The van der Waals surface area contributed by atoms with Gasteiger partial charge in [-0.05, 0) is 19.9 Å². The summed E-state index contributed by atoms with van der Waals surface area (Å²) < 4.78 is 1.65. The fraction of sp³-hybridized carbons (Fsp3) is 0.444. The van der Waals surface area contributed by atoms with Gasteiger partial charge in [-0.25, -0.2) is 9.50 Å². The van der Waals surface area contributed by atoms with E-state index in [1.165, 1.54) is 6.33 Å². The monoisotopic (exact) mass is 192 g/mol. The lowest BCUT2D eigenvalue weighted by Gasteiger charge is -2.06. The van der Waals surface area contributed by atoms with Crippen molar-refractivity contribution in [2.24, 2.45) is 0 Å². The predicted molar refractivity (Wildman–Crippen MR) is 50.9 cm³/mol. The molecule has 1 unspecified atom stereocenters. The maximum absolute atomic E-state index is 9.31. The summed E-state index contributed by atoms with van der Waals surface area (Å²) in [5.41, 5.74) is 1.82. The van der Waals surface area contributed by atoms with Gasteiger partial charge in [0, 0.05) is 12.1 Å². The first kappa shape index (κ1) is 9.08. The maximum atomic E-state index is 9.31. The number of rotatable bonds is 2. The van der Waals surface area contributed by atoms with Gasteiger partial charge in [0.25, 0.3) is 5.78 Å². The lowest BCUT2D eigenvalue weighted by atomic mass is 10.2. The van der Waals surface area contributed by atoms with Crippen molar-refractivity contribution < 1.29 is 5.11 Å². The van der Waals surface area contributed by atoms with Gasteiger partial charge >= 0.3 is 0 Å². The minimum atomic E-state index is -0.385. The Labute approximate surface area is 81.4 Å². The molecule has 0 bridgehead atoms. The molecule has 0 aromatic carbocycles. The molecule has 0 amide bonds. The van der Waals surface area contributed by atoms with Crippen molar-refractivity contribution in [3.63, 3.8) is 0 Å². The van der Waals surface area contributed by atoms with Gasteiger partial charge in [-0.1, -0.05) is 0 Å². The highest BCUT2D eigenvalue weighted by Gasteiger charge is 2.07. The van der Waals surface area contributed by atoms with E-state index in [0.29, 0.717) is 12.2 Å². The molecular weight excluding hydrogens is 180 g/mol. The zero-order chi connectivity index (χ0) is 10.1. The van der Waals surface area contributed by atoms with E-state index >= 15 is 0 Å². The van der Waals surface area contributed by atoms with E-state index in [2.05, 4.69) is 15.1 Å². The van der Waals surface area contributed by atoms with E-state index in [1.54, 1.807) is 11.4 Å². The maximum Gasteiger partial charge on any atom is 0.252 e. The Balaban J connectivity index is 2.55. The molecule has 0 aliphatic heterocycles. The first-order valence-corrected chi connectivity index (χ1v) is 4.51. The first-order chi connectivity index (χ1) is 6.66. The van der Waals surface area contributed by atoms with Gasteiger partial charge < -0.3 is 5.11 Å². The Kier molecular flexibility index (Phi) is 2.17. The molecule has 0 aliphatic rings. The van der Waals surface area contributed by atoms with Crippen molar-refractivity contribution in [2.75, 3.05) is 0 Å². The average Bonchev–Trinajstić information content (AvgIpc) is 2.50. The van der Waals surface area contributed by atoms with Crippen LogP contribution in [0, 0.1) is 6.92 Å². The molecule has 5 heteroatoms. The van der Waals surface area contributed by atoms with E-state index < -0.39 is 0 Å². The summed E-state index contributed by atoms with van der Waals surface area (Å²) in [6.07, 6.45) is 1.64. The van der Waals surface area contributed by atoms with E-state index in [4.69, 9.17) is 0 Å². The van der Waals surface area contributed by atoms with Crippen molar-refractivity contribution in [1.29, 1.82) is 0 Å². The topological polar surface area (TPSA) is 63.3 Å². The molecule has 0 radical (unpaired) electrons. The molecule has 1 N–H and O–H groups in total. The smallest absolute Gasteiger partial charge is 0.252 e. The van der Waals surface area contributed by atoms with Crippen LogP contribution in [0.2, 0.25) is 0 Å². The summed E-state index contributed by atoms with van der Waals surface area (Å²) in [5.74, 6) is 0.584. The second-order valence-electron chi connectivity index (χ2n) is 3.41. The Hall–Kier alpha value is -1.49. The van der Waals surface area contributed by atoms with E-state index in [9.17, 15) is 5.11 Å². The molecular formula is C9H12N4O. The van der Waals surface area contributed by atoms with Crippen molar-refractivity contribution in [3.05, 3.63) is 23.8 Å². The summed E-state index contributed by atoms with van der Waals surface area (Å²) >= 11 is 0. The molecule has 2 heterocycles. The van der Waals surface area contributed by atoms with Crippen LogP contribution in [0.5, 0.6) is 0 Å². The average molecular weight is 192 g/mol. The van der Waals surface area contributed by atoms with E-state index in [1.807, 2.05) is 13.0 Å². The summed E-state index contributed by atoms with van der Waals surface area (Å²) in [4.78, 5) is 8.22. The van der Waals surface area contributed by atoms with Crippen molar-refractivity contribution >= 4 is 5.78 Å². The lowest BCUT2D eigenvalue weighted by Crippen LogP contribution is -2.10. The third-order valence-corrected chi connectivity index (χ3v) is 1.96. The highest BCUT2D eigenvalue weighted by molar-refractivity contribution is 5.29. The van der Waals surface area contributed by atoms with Gasteiger partial charge in [0.2, 0.25) is 0 Å². The predicted octanol–water partition coefficient (Wildman–Crippen LogP) is 0.356. The molecule has 2 aromatic rings. The molecule has 2 rings (SSSR count). The third kappa shape index (κ3) is 1.58. The van der Waals surface area contributed by atoms with Crippen molar-refractivity contribution in [2.45, 2.75) is 26.4 Å². The van der Waals surface area contributed by atoms with Crippen LogP contribution in [0.25, 0.3) is 5.78 Å². The molecule has 14 heavy (non-hydrogen) atoms. The number of aliphatic hydroxyl groups is 1. The number of fused-ring (bicyclic) bond motifs is 1. The van der Waals surface area contributed by atoms with Crippen molar-refractivity contribution in [1.82, 2.24) is 19.6 Å². The van der Waals surface area contributed by atoms with Gasteiger partial charge in [-0.3, -0.25) is 0 Å². The van der Waals surface area contributed by atoms with Crippen LogP contribution in [-0.2, 0) is 6.42 Å². The number of aliphatic hydroxyl groups excluding tert-OH is 1. The van der Waals surface area contributed by atoms with Crippen LogP contribution in [0.1, 0.15) is 18.3 Å². The van der Waals surface area contributed by atoms with Gasteiger partial charge in [-0.2, -0.15) is 10.1 Å². The minimum Gasteiger partial charge on any atom is -0.393 e. The number of aryl methyl sites for hydroxylation is 1. The van der Waals surface area contributed by atoms with Crippen LogP contribution in [-0.4, -0.2) is 30.8 Å². The van der Waals surface area contributed by atoms with Crippen LogP contribution >= 0.6 is 0 Å². The van der Waals surface area contributed by atoms with E-state index in [-0.39, 0.29) is 6.10 Å². The lowest BCUT2D eigenvalue weighted by molar-refractivity contribution is 0.193. The Morgan fingerprint density at radius 3 is 3.07 bits per heavy atom. The summed E-state index contributed by atoms with van der Waals surface area (Å²) in [7, 11) is 0. The van der Waals surface area contributed by atoms with Gasteiger partial charge in [0.05, 0.1) is 11.8 Å². The summed E-state index contributed by atoms with van der Waals surface area (Å²) in [6, 6.07) is 1.91. The molecule has 74 valence electrons. The van der Waals surface area contributed by atoms with Gasteiger partial charge in [0.15, 0.2) is 0 Å². The SMILES string of the molecule is Cc1cc(CC(C)O)n2ncnc2n1. The number of hydrogen-bond acceptors (Lipinski definition) is 4.